The van der Waals surface area contributed by atoms with Gasteiger partial charge in [0.25, 0.3) is 0 Å². The molecule has 0 aromatic heterocycles. The van der Waals surface area contributed by atoms with Crippen LogP contribution in [0, 0.1) is 5.92 Å². The molecule has 0 fully saturated rings. The minimum Gasteiger partial charge on any atom is -0.107 e. The topological polar surface area (TPSA) is 0 Å². The molecule has 3 heteroatoms. The average molecular weight is 182 g/mol. The Bertz CT molecular complexity index is 70.7. The molecule has 0 aliphatic rings. The van der Waals surface area contributed by atoms with Crippen LogP contribution in [0.15, 0.2) is 0 Å². The minimum atomic E-state index is 0.139. The second kappa shape index (κ2) is 5.01. The van der Waals surface area contributed by atoms with Crippen molar-refractivity contribution in [1.29, 1.82) is 0 Å². The molecule has 3 unspecified atom stereocenters. The fourth-order valence-electron chi connectivity index (χ4n) is 0.804. The van der Waals surface area contributed by atoms with E-state index in [0.29, 0.717) is 0 Å². The van der Waals surface area contributed by atoms with Crippen molar-refractivity contribution in [2.75, 3.05) is 0 Å². The van der Waals surface area contributed by atoms with Crippen LogP contribution >= 0.6 is 25.2 Å². The van der Waals surface area contributed by atoms with Crippen molar-refractivity contribution in [2.24, 2.45) is 5.92 Å². The highest BCUT2D eigenvalue weighted by Gasteiger charge is 2.07. The van der Waals surface area contributed by atoms with Gasteiger partial charge in [0.1, 0.15) is 0 Å². The highest BCUT2D eigenvalue weighted by atomic mass is 32.4. The van der Waals surface area contributed by atoms with Crippen molar-refractivity contribution in [3.8, 4) is 0 Å². The predicted molar refractivity (Wildman–Crippen MR) is 55.3 cm³/mol. The van der Waals surface area contributed by atoms with Crippen molar-refractivity contribution in [2.45, 2.75) is 32.9 Å². The third kappa shape index (κ3) is 5.72. The molecule has 0 bridgehead atoms. The lowest BCUT2D eigenvalue weighted by molar-refractivity contribution is 0.584. The largest absolute Gasteiger partial charge is 0.107 e. The average Bonchev–Trinajstić information content (AvgIpc) is 1.63. The fraction of sp³-hybridized carbons (Fsp3) is 1.00. The van der Waals surface area contributed by atoms with Crippen LogP contribution in [0.5, 0.6) is 0 Å². The molecule has 0 aromatic carbocycles. The zero-order valence-electron chi connectivity index (χ0n) is 6.46. The maximum Gasteiger partial charge on any atom is -0.0167 e. The Labute approximate surface area is 64.5 Å². The summed E-state index contributed by atoms with van der Waals surface area (Å²) >= 11 is 0. The molecule has 0 rings (SSSR count). The molecule has 0 heterocycles. The van der Waals surface area contributed by atoms with Crippen molar-refractivity contribution in [1.82, 2.24) is 0 Å². The van der Waals surface area contributed by atoms with Gasteiger partial charge in [-0.1, -0.05) is 28.1 Å². The van der Waals surface area contributed by atoms with E-state index in [9.17, 15) is 0 Å². The van der Waals surface area contributed by atoms with Crippen LogP contribution in [-0.2, 0) is 0 Å². The Balaban J connectivity index is 3.38. The zero-order valence-corrected chi connectivity index (χ0v) is 9.67. The van der Waals surface area contributed by atoms with E-state index in [1.165, 1.54) is 6.42 Å². The Hall–Kier alpha value is 1.29. The Morgan fingerprint density at radius 2 is 1.67 bits per heavy atom. The Kier molecular flexibility index (Phi) is 5.73. The summed E-state index contributed by atoms with van der Waals surface area (Å²) in [6.07, 6.45) is 1.36. The molecule has 0 spiro atoms. The molecule has 0 radical (unpaired) electrons. The molecule has 0 aromatic rings. The molecule has 0 aliphatic heterocycles. The molecular weight excluding hydrogens is 165 g/mol. The van der Waals surface area contributed by atoms with Gasteiger partial charge >= 0.3 is 0 Å². The van der Waals surface area contributed by atoms with Crippen LogP contribution in [0.25, 0.3) is 0 Å². The van der Waals surface area contributed by atoms with Gasteiger partial charge in [0.2, 0.25) is 0 Å². The predicted octanol–water partition coefficient (Wildman–Crippen LogP) is 3.48. The Morgan fingerprint density at radius 3 is 1.78 bits per heavy atom. The van der Waals surface area contributed by atoms with Crippen LogP contribution < -0.4 is 0 Å². The van der Waals surface area contributed by atoms with Gasteiger partial charge in [-0.15, -0.1) is 17.9 Å². The van der Waals surface area contributed by atoms with Crippen LogP contribution in [0.2, 0.25) is 0 Å². The first-order valence-electron chi connectivity index (χ1n) is 3.32. The first kappa shape index (κ1) is 10.3. The maximum atomic E-state index is 2.89. The molecule has 0 amide bonds. The van der Waals surface area contributed by atoms with Gasteiger partial charge in [0, 0.05) is 0 Å². The van der Waals surface area contributed by atoms with Gasteiger partial charge in [-0.05, 0) is 18.0 Å². The smallest absolute Gasteiger partial charge is 0.0167 e. The molecule has 3 atom stereocenters. The monoisotopic (exact) mass is 182 g/mol. The van der Waals surface area contributed by atoms with Crippen molar-refractivity contribution in [3.05, 3.63) is 0 Å². The second-order valence-electron chi connectivity index (χ2n) is 2.93. The summed E-state index contributed by atoms with van der Waals surface area (Å²) in [6.45, 7) is 6.89. The first-order chi connectivity index (χ1) is 4.04. The van der Waals surface area contributed by atoms with Gasteiger partial charge in [0.05, 0.1) is 0 Å². The number of rotatable bonds is 3. The van der Waals surface area contributed by atoms with Gasteiger partial charge < -0.3 is 0 Å². The maximum absolute atomic E-state index is 2.89. The second-order valence-corrected chi connectivity index (χ2v) is 10.1. The lowest BCUT2D eigenvalue weighted by Gasteiger charge is -2.16. The normalized spacial score (nSPS) is 15.0. The standard InChI is InChI=1S/C6H17P3/c1-5(2)4-6(3)9(7)8/h5-6H,4,7-8H2,1-3H3. The quantitative estimate of drug-likeness (QED) is 0.586. The fourth-order valence-corrected chi connectivity index (χ4v) is 2.20. The summed E-state index contributed by atoms with van der Waals surface area (Å²) < 4.78 is 0. The van der Waals surface area contributed by atoms with Gasteiger partial charge in [-0.25, -0.2) is 0 Å². The SMILES string of the molecule is CC(C)CC(C)P(P)P. The van der Waals surface area contributed by atoms with Gasteiger partial charge in [-0.2, -0.15) is 0 Å². The molecule has 0 N–H and O–H groups in total. The Morgan fingerprint density at radius 1 is 1.22 bits per heavy atom. The van der Waals surface area contributed by atoms with Gasteiger partial charge in [0.15, 0.2) is 0 Å². The van der Waals surface area contributed by atoms with E-state index in [0.717, 1.165) is 11.6 Å². The highest BCUT2D eigenvalue weighted by molar-refractivity contribution is 8.43. The summed E-state index contributed by atoms with van der Waals surface area (Å²) in [4.78, 5) is 0. The van der Waals surface area contributed by atoms with Gasteiger partial charge in [-0.3, -0.25) is 0 Å². The first-order valence-corrected chi connectivity index (χ1v) is 7.97. The lowest BCUT2D eigenvalue weighted by Crippen LogP contribution is -1.99. The molecule has 56 valence electrons. The van der Waals surface area contributed by atoms with E-state index in [1.54, 1.807) is 0 Å². The molecule has 0 saturated heterocycles. The molecule has 0 aliphatic carbocycles. The van der Waals surface area contributed by atoms with Crippen LogP contribution in [0.1, 0.15) is 27.2 Å². The van der Waals surface area contributed by atoms with Crippen molar-refractivity contribution in [3.63, 3.8) is 0 Å². The third-order valence-electron chi connectivity index (χ3n) is 1.32. The number of hydrogen-bond acceptors (Lipinski definition) is 0. The highest BCUT2D eigenvalue weighted by Crippen LogP contribution is 2.58. The third-order valence-corrected chi connectivity index (χ3v) is 5.60. The summed E-state index contributed by atoms with van der Waals surface area (Å²) in [5.41, 5.74) is 0.884. The van der Waals surface area contributed by atoms with E-state index in [2.05, 4.69) is 38.6 Å². The van der Waals surface area contributed by atoms with Crippen molar-refractivity contribution >= 4 is 25.2 Å². The molecule has 0 saturated carbocycles. The summed E-state index contributed by atoms with van der Waals surface area (Å²) in [7, 11) is 5.92. The summed E-state index contributed by atoms with van der Waals surface area (Å²) in [5.74, 6) is 0.853. The van der Waals surface area contributed by atoms with E-state index in [4.69, 9.17) is 0 Å². The molecule has 0 nitrogen and oxygen atoms in total. The molecular formula is C6H17P3. The number of hydrogen-bond donors (Lipinski definition) is 0. The lowest BCUT2D eigenvalue weighted by atomic mass is 10.1. The minimum absolute atomic E-state index is 0.139. The van der Waals surface area contributed by atoms with Crippen LogP contribution in [0.4, 0.5) is 0 Å². The molecule has 9 heavy (non-hydrogen) atoms. The van der Waals surface area contributed by atoms with Crippen LogP contribution in [-0.4, -0.2) is 5.66 Å². The summed E-state index contributed by atoms with van der Waals surface area (Å²) in [6, 6.07) is 0. The van der Waals surface area contributed by atoms with Crippen molar-refractivity contribution < 1.29 is 0 Å². The van der Waals surface area contributed by atoms with E-state index in [-0.39, 0.29) is 7.30 Å². The van der Waals surface area contributed by atoms with E-state index >= 15 is 0 Å². The van der Waals surface area contributed by atoms with Crippen LogP contribution in [0.3, 0.4) is 0 Å². The zero-order chi connectivity index (χ0) is 7.44. The van der Waals surface area contributed by atoms with E-state index in [1.807, 2.05) is 0 Å². The van der Waals surface area contributed by atoms with E-state index < -0.39 is 0 Å². The summed E-state index contributed by atoms with van der Waals surface area (Å²) in [5, 5.41) is 0.